The van der Waals surface area contributed by atoms with E-state index in [1.54, 1.807) is 0 Å². The molecule has 138 valence electrons. The maximum Gasteiger partial charge on any atom is 0.268 e. The standard InChI is InChI=1S/C22H29N3O/c1-15(2)25-18-13-9-8-12-17(18)21-19(25)14-20(24(21)3)22(26)23-16-10-6-4-5-7-11-16/h8-9,12-16H,4-7,10-11H2,1-3H3,(H,23,26). The number of aryl methyl sites for hydroxylation is 1. The van der Waals surface area contributed by atoms with Crippen molar-refractivity contribution in [3.63, 3.8) is 0 Å². The van der Waals surface area contributed by atoms with Crippen molar-refractivity contribution < 1.29 is 4.79 Å². The lowest BCUT2D eigenvalue weighted by Crippen LogP contribution is -2.35. The van der Waals surface area contributed by atoms with Crippen molar-refractivity contribution in [2.24, 2.45) is 7.05 Å². The molecule has 0 unspecified atom stereocenters. The number of aromatic nitrogens is 2. The van der Waals surface area contributed by atoms with E-state index in [4.69, 9.17) is 0 Å². The molecule has 0 spiro atoms. The Morgan fingerprint density at radius 2 is 1.77 bits per heavy atom. The summed E-state index contributed by atoms with van der Waals surface area (Å²) in [4.78, 5) is 13.0. The van der Waals surface area contributed by atoms with Gasteiger partial charge in [-0.15, -0.1) is 0 Å². The van der Waals surface area contributed by atoms with Crippen molar-refractivity contribution in [3.8, 4) is 0 Å². The molecule has 4 heteroatoms. The van der Waals surface area contributed by atoms with Crippen molar-refractivity contribution in [1.29, 1.82) is 0 Å². The highest BCUT2D eigenvalue weighted by Crippen LogP contribution is 2.33. The molecule has 2 aromatic heterocycles. The first-order chi connectivity index (χ1) is 12.6. The highest BCUT2D eigenvalue weighted by atomic mass is 16.2. The Morgan fingerprint density at radius 1 is 1.08 bits per heavy atom. The Labute approximate surface area is 155 Å². The second-order valence-corrected chi connectivity index (χ2v) is 7.97. The van der Waals surface area contributed by atoms with Crippen molar-refractivity contribution >= 4 is 27.8 Å². The van der Waals surface area contributed by atoms with Crippen LogP contribution >= 0.6 is 0 Å². The van der Waals surface area contributed by atoms with Crippen molar-refractivity contribution in [1.82, 2.24) is 14.5 Å². The summed E-state index contributed by atoms with van der Waals surface area (Å²) in [5, 5.41) is 4.51. The summed E-state index contributed by atoms with van der Waals surface area (Å²) >= 11 is 0. The smallest absolute Gasteiger partial charge is 0.268 e. The first kappa shape index (κ1) is 17.2. The van der Waals surface area contributed by atoms with Crippen LogP contribution in [0.25, 0.3) is 21.9 Å². The first-order valence-corrected chi connectivity index (χ1v) is 9.97. The average Bonchev–Trinajstić information content (AvgIpc) is 2.98. The van der Waals surface area contributed by atoms with Gasteiger partial charge in [-0.05, 0) is 38.8 Å². The maximum absolute atomic E-state index is 13.0. The zero-order valence-corrected chi connectivity index (χ0v) is 16.1. The van der Waals surface area contributed by atoms with Gasteiger partial charge in [0.15, 0.2) is 0 Å². The molecule has 0 atom stereocenters. The molecule has 1 fully saturated rings. The first-order valence-electron chi connectivity index (χ1n) is 9.97. The Bertz CT molecular complexity index is 939. The number of nitrogens with one attached hydrogen (secondary N) is 1. The minimum absolute atomic E-state index is 0.0648. The van der Waals surface area contributed by atoms with Crippen LogP contribution in [-0.2, 0) is 7.05 Å². The fourth-order valence-corrected chi connectivity index (χ4v) is 4.56. The molecule has 0 radical (unpaired) electrons. The number of nitrogens with zero attached hydrogens (tertiary/aromatic N) is 2. The lowest BCUT2D eigenvalue weighted by molar-refractivity contribution is 0.0925. The number of benzene rings is 1. The normalized spacial score (nSPS) is 16.5. The van der Waals surface area contributed by atoms with Gasteiger partial charge in [-0.2, -0.15) is 0 Å². The minimum Gasteiger partial charge on any atom is -0.348 e. The zero-order valence-electron chi connectivity index (χ0n) is 16.1. The molecule has 1 aromatic carbocycles. The predicted molar refractivity (Wildman–Crippen MR) is 108 cm³/mol. The van der Waals surface area contributed by atoms with E-state index in [-0.39, 0.29) is 5.91 Å². The van der Waals surface area contributed by atoms with E-state index in [0.717, 1.165) is 29.6 Å². The van der Waals surface area contributed by atoms with Crippen molar-refractivity contribution in [3.05, 3.63) is 36.0 Å². The third-order valence-corrected chi connectivity index (χ3v) is 5.83. The second-order valence-electron chi connectivity index (χ2n) is 7.97. The highest BCUT2D eigenvalue weighted by Gasteiger charge is 2.22. The number of fused-ring (bicyclic) bond motifs is 3. The molecule has 0 aliphatic heterocycles. The summed E-state index contributed by atoms with van der Waals surface area (Å²) in [6.07, 6.45) is 7.26. The van der Waals surface area contributed by atoms with E-state index in [1.807, 2.05) is 7.05 Å². The number of carbonyl (C=O) groups excluding carboxylic acids is 1. The largest absolute Gasteiger partial charge is 0.348 e. The molecule has 0 bridgehead atoms. The second kappa shape index (κ2) is 6.82. The molecule has 0 saturated heterocycles. The highest BCUT2D eigenvalue weighted by molar-refractivity contribution is 6.10. The van der Waals surface area contributed by atoms with Crippen LogP contribution in [0.15, 0.2) is 30.3 Å². The molecule has 2 heterocycles. The van der Waals surface area contributed by atoms with Gasteiger partial charge >= 0.3 is 0 Å². The monoisotopic (exact) mass is 351 g/mol. The van der Waals surface area contributed by atoms with Crippen LogP contribution in [0.5, 0.6) is 0 Å². The minimum atomic E-state index is 0.0648. The van der Waals surface area contributed by atoms with Crippen LogP contribution in [0.3, 0.4) is 0 Å². The van der Waals surface area contributed by atoms with Crippen molar-refractivity contribution in [2.75, 3.05) is 0 Å². The number of carbonyl (C=O) groups is 1. The van der Waals surface area contributed by atoms with Crippen LogP contribution in [0.2, 0.25) is 0 Å². The van der Waals surface area contributed by atoms with Gasteiger partial charge < -0.3 is 14.5 Å². The average molecular weight is 351 g/mol. The maximum atomic E-state index is 13.0. The van der Waals surface area contributed by atoms with Crippen LogP contribution in [0.4, 0.5) is 0 Å². The Hall–Kier alpha value is -2.23. The van der Waals surface area contributed by atoms with Gasteiger partial charge in [-0.25, -0.2) is 0 Å². The molecule has 1 saturated carbocycles. The molecule has 1 aliphatic carbocycles. The molecule has 3 aromatic rings. The molecule has 1 N–H and O–H groups in total. The third kappa shape index (κ3) is 2.81. The SMILES string of the molecule is CC(C)n1c2ccccc2c2c1cc(C(=O)NC1CCCCCC1)n2C. The van der Waals surface area contributed by atoms with Crippen LogP contribution < -0.4 is 5.32 Å². The number of hydrogen-bond acceptors (Lipinski definition) is 1. The van der Waals surface area contributed by atoms with Crippen molar-refractivity contribution in [2.45, 2.75) is 64.5 Å². The van der Waals surface area contributed by atoms with E-state index in [9.17, 15) is 4.79 Å². The Morgan fingerprint density at radius 3 is 2.46 bits per heavy atom. The number of hydrogen-bond donors (Lipinski definition) is 1. The van der Waals surface area contributed by atoms with E-state index in [1.165, 1.54) is 36.6 Å². The molecular weight excluding hydrogens is 322 g/mol. The van der Waals surface area contributed by atoms with E-state index < -0.39 is 0 Å². The van der Waals surface area contributed by atoms with Gasteiger partial charge in [-0.1, -0.05) is 43.9 Å². The Kier molecular flexibility index (Phi) is 4.51. The van der Waals surface area contributed by atoms with E-state index in [2.05, 4.69) is 58.6 Å². The van der Waals surface area contributed by atoms with Gasteiger partial charge in [0.05, 0.1) is 16.6 Å². The molecule has 1 aliphatic rings. The summed E-state index contributed by atoms with van der Waals surface area (Å²) in [5.41, 5.74) is 4.30. The van der Waals surface area contributed by atoms with Crippen LogP contribution in [0.1, 0.15) is 68.9 Å². The molecule has 4 nitrogen and oxygen atoms in total. The van der Waals surface area contributed by atoms with Gasteiger partial charge in [0.1, 0.15) is 5.69 Å². The molecule has 26 heavy (non-hydrogen) atoms. The van der Waals surface area contributed by atoms with Gasteiger partial charge in [0, 0.05) is 24.5 Å². The van der Waals surface area contributed by atoms with Gasteiger partial charge in [-0.3, -0.25) is 4.79 Å². The fourth-order valence-electron chi connectivity index (χ4n) is 4.56. The predicted octanol–water partition coefficient (Wildman–Crippen LogP) is 5.17. The number of amides is 1. The lowest BCUT2D eigenvalue weighted by atomic mass is 10.1. The molecule has 4 rings (SSSR count). The summed E-state index contributed by atoms with van der Waals surface area (Å²) in [6.45, 7) is 4.40. The van der Waals surface area contributed by atoms with E-state index >= 15 is 0 Å². The topological polar surface area (TPSA) is 39.0 Å². The molecular formula is C22H29N3O. The van der Waals surface area contributed by atoms with Gasteiger partial charge in [0.25, 0.3) is 5.91 Å². The number of rotatable bonds is 3. The van der Waals surface area contributed by atoms with E-state index in [0.29, 0.717) is 12.1 Å². The number of para-hydroxylation sites is 1. The quantitative estimate of drug-likeness (QED) is 0.650. The fraction of sp³-hybridized carbons (Fsp3) is 0.500. The van der Waals surface area contributed by atoms with Crippen LogP contribution in [0, 0.1) is 0 Å². The lowest BCUT2D eigenvalue weighted by Gasteiger charge is -2.16. The summed E-state index contributed by atoms with van der Waals surface area (Å²) < 4.78 is 4.41. The Balaban J connectivity index is 1.75. The van der Waals surface area contributed by atoms with Crippen LogP contribution in [-0.4, -0.2) is 21.1 Å². The summed E-state index contributed by atoms with van der Waals surface area (Å²) in [6, 6.07) is 11.2. The van der Waals surface area contributed by atoms with Gasteiger partial charge in [0.2, 0.25) is 0 Å². The molecule has 1 amide bonds. The third-order valence-electron chi connectivity index (χ3n) is 5.83. The summed E-state index contributed by atoms with van der Waals surface area (Å²) in [5.74, 6) is 0.0648. The summed E-state index contributed by atoms with van der Waals surface area (Å²) in [7, 11) is 2.02. The zero-order chi connectivity index (χ0) is 18.3.